The van der Waals surface area contributed by atoms with Gasteiger partial charge in [-0.1, -0.05) is 0 Å². The van der Waals surface area contributed by atoms with Gasteiger partial charge in [0.05, 0.1) is 0 Å². The van der Waals surface area contributed by atoms with E-state index in [0.717, 1.165) is 5.02 Å². The molecule has 0 spiro atoms. The van der Waals surface area contributed by atoms with E-state index in [2.05, 4.69) is 86.3 Å². The summed E-state index contributed by atoms with van der Waals surface area (Å²) in [6, 6.07) is 17.4. The van der Waals surface area contributed by atoms with Crippen molar-refractivity contribution in [1.29, 1.82) is 0 Å². The van der Waals surface area contributed by atoms with E-state index in [4.69, 9.17) is 11.6 Å². The van der Waals surface area contributed by atoms with Crippen LogP contribution in [-0.4, -0.2) is 6.88 Å². The number of halogens is 1. The molecule has 29 heavy (non-hydrogen) atoms. The van der Waals surface area contributed by atoms with Gasteiger partial charge in [0.25, 0.3) is 0 Å². The summed E-state index contributed by atoms with van der Waals surface area (Å²) in [5.41, 5.74) is 10.3. The van der Waals surface area contributed by atoms with Crippen LogP contribution in [0.1, 0.15) is 48.0 Å². The van der Waals surface area contributed by atoms with Gasteiger partial charge in [0.1, 0.15) is 0 Å². The van der Waals surface area contributed by atoms with Crippen molar-refractivity contribution in [1.82, 2.24) is 0 Å². The summed E-state index contributed by atoms with van der Waals surface area (Å²) in [6.45, 7) is 11.8. The van der Waals surface area contributed by atoms with Crippen molar-refractivity contribution in [3.05, 3.63) is 96.3 Å². The van der Waals surface area contributed by atoms with Crippen molar-refractivity contribution in [3.63, 3.8) is 0 Å². The molecule has 2 atom stereocenters. The van der Waals surface area contributed by atoms with Crippen LogP contribution in [0.25, 0.3) is 5.57 Å². The Morgan fingerprint density at radius 3 is 2.10 bits per heavy atom. The molecule has 2 aliphatic rings. The second kappa shape index (κ2) is 7.04. The molecule has 2 aliphatic carbocycles. The van der Waals surface area contributed by atoms with Crippen LogP contribution in [0, 0.1) is 5.92 Å². The van der Waals surface area contributed by atoms with Crippen molar-refractivity contribution >= 4 is 24.1 Å². The SMILES string of the molecule is CC1=C(C)C(C)[C]([Zr]([CH3])([CH3])(=[SiH2])[CH]2C=C(c3ccc(Cl)cc3)c3ccccc32)=C1C. The molecule has 150 valence electrons. The first-order valence-electron chi connectivity index (χ1n) is 10.5. The van der Waals surface area contributed by atoms with Gasteiger partial charge >= 0.3 is 184 Å². The van der Waals surface area contributed by atoms with Gasteiger partial charge in [-0.05, 0) is 0 Å². The molecule has 0 saturated carbocycles. The molecule has 2 aromatic carbocycles. The Hall–Kier alpha value is -0.950. The molecule has 2 unspecified atom stereocenters. The molecule has 0 aliphatic heterocycles. The maximum atomic E-state index is 6.17. The summed E-state index contributed by atoms with van der Waals surface area (Å²) in [6.07, 6.45) is 2.60. The van der Waals surface area contributed by atoms with Gasteiger partial charge in [-0.3, -0.25) is 0 Å². The first-order chi connectivity index (χ1) is 13.5. The summed E-state index contributed by atoms with van der Waals surface area (Å²) in [5.74, 6) is 0.577. The molecule has 0 bridgehead atoms. The zero-order chi connectivity index (χ0) is 21.2. The quantitative estimate of drug-likeness (QED) is 0.387. The van der Waals surface area contributed by atoms with Gasteiger partial charge < -0.3 is 0 Å². The predicted octanol–water partition coefficient (Wildman–Crippen LogP) is 7.42. The van der Waals surface area contributed by atoms with E-state index in [0.29, 0.717) is 9.54 Å². The minimum absolute atomic E-state index is 0.530. The number of rotatable bonds is 3. The van der Waals surface area contributed by atoms with Crippen LogP contribution in [0.5, 0.6) is 0 Å². The van der Waals surface area contributed by atoms with Crippen LogP contribution in [0.2, 0.25) is 14.3 Å². The van der Waals surface area contributed by atoms with Crippen LogP contribution < -0.4 is 0 Å². The van der Waals surface area contributed by atoms with E-state index in [1.54, 1.807) is 14.4 Å². The van der Waals surface area contributed by atoms with Crippen LogP contribution in [0.15, 0.2) is 74.6 Å². The second-order valence-corrected chi connectivity index (χ2v) is 40.0. The number of benzene rings is 2. The van der Waals surface area contributed by atoms with Gasteiger partial charge in [-0.25, -0.2) is 0 Å². The predicted molar refractivity (Wildman–Crippen MR) is 128 cm³/mol. The summed E-state index contributed by atoms with van der Waals surface area (Å²) < 4.78 is 7.67. The van der Waals surface area contributed by atoms with E-state index in [1.807, 2.05) is 12.1 Å². The Morgan fingerprint density at radius 1 is 0.897 bits per heavy atom. The first-order valence-corrected chi connectivity index (χ1v) is 24.4. The normalized spacial score (nSPS) is 22.3. The number of fused-ring (bicyclic) bond motifs is 1. The van der Waals surface area contributed by atoms with Crippen LogP contribution >= 0.6 is 11.6 Å². The molecule has 2 aromatic rings. The van der Waals surface area contributed by atoms with E-state index >= 15 is 0 Å². The average molecular weight is 498 g/mol. The monoisotopic (exact) mass is 496 g/mol. The summed E-state index contributed by atoms with van der Waals surface area (Å²) in [4.78, 5) is 0. The van der Waals surface area contributed by atoms with Gasteiger partial charge in [-0.2, -0.15) is 0 Å². The minimum atomic E-state index is -3.32. The van der Waals surface area contributed by atoms with Crippen LogP contribution in [0.4, 0.5) is 0 Å². The molecule has 0 amide bonds. The molecule has 3 heteroatoms. The average Bonchev–Trinajstić information content (AvgIpc) is 3.16. The zero-order valence-corrected chi connectivity index (χ0v) is 23.1. The van der Waals surface area contributed by atoms with E-state index in [1.165, 1.54) is 27.8 Å². The van der Waals surface area contributed by atoms with Gasteiger partial charge in [0.15, 0.2) is 0 Å². The third-order valence-corrected chi connectivity index (χ3v) is 25.1. The molecule has 0 aromatic heterocycles. The van der Waals surface area contributed by atoms with E-state index in [-0.39, 0.29) is 0 Å². The van der Waals surface area contributed by atoms with E-state index in [9.17, 15) is 0 Å². The molecule has 0 N–H and O–H groups in total. The Morgan fingerprint density at radius 2 is 1.52 bits per heavy atom. The zero-order valence-electron chi connectivity index (χ0n) is 18.4. The van der Waals surface area contributed by atoms with Crippen LogP contribution in [-0.2, 0) is 17.4 Å². The summed E-state index contributed by atoms with van der Waals surface area (Å²) in [7, 11) is 0. The Kier molecular flexibility index (Phi) is 5.17. The third-order valence-electron chi connectivity index (χ3n) is 7.60. The molecule has 0 heterocycles. The number of allylic oxidation sites excluding steroid dienone is 5. The Labute approximate surface area is 183 Å². The fourth-order valence-electron chi connectivity index (χ4n) is 5.87. The summed E-state index contributed by atoms with van der Waals surface area (Å²) >= 11 is 2.85. The molecule has 4 rings (SSSR count). The van der Waals surface area contributed by atoms with Crippen molar-refractivity contribution in [2.24, 2.45) is 5.92 Å². The standard InChI is InChI=1S/C15H10Cl.C9H13.2CH3.H2Si.Zr/c16-13-8-5-12(6-9-13)15-10-7-11-3-1-2-4-14(11)15;1-6-5-7(2)9(4)8(6)3;;;;/h1-10H;6H,1-4H3;2*1H3;1H2;. The maximum absolute atomic E-state index is 6.17. The Balaban J connectivity index is 1.93. The fourth-order valence-corrected chi connectivity index (χ4v) is 24.5. The van der Waals surface area contributed by atoms with Gasteiger partial charge in [-0.15, -0.1) is 0 Å². The first kappa shape index (κ1) is 21.3. The van der Waals surface area contributed by atoms with Crippen LogP contribution in [0.3, 0.4) is 0 Å². The van der Waals surface area contributed by atoms with Crippen molar-refractivity contribution in [2.75, 3.05) is 0 Å². The molecular formula is C26H31ClSiZr. The molecule has 0 radical (unpaired) electrons. The Bertz CT molecular complexity index is 1170. The van der Waals surface area contributed by atoms with E-state index < -0.39 is 17.4 Å². The fraction of sp³-hybridized carbons (Fsp3) is 0.308. The number of hydrogen-bond donors (Lipinski definition) is 0. The molecule has 0 fully saturated rings. The molecule has 0 nitrogen and oxygen atoms in total. The van der Waals surface area contributed by atoms with Crippen molar-refractivity contribution in [3.8, 4) is 0 Å². The number of hydrogen-bond acceptors (Lipinski definition) is 0. The van der Waals surface area contributed by atoms with Gasteiger partial charge in [0, 0.05) is 0 Å². The third kappa shape index (κ3) is 3.27. The molecule has 0 saturated heterocycles. The van der Waals surface area contributed by atoms with Gasteiger partial charge in [0.2, 0.25) is 0 Å². The molecular weight excluding hydrogens is 467 g/mol. The second-order valence-electron chi connectivity index (χ2n) is 10.0. The van der Waals surface area contributed by atoms with Crippen molar-refractivity contribution in [2.45, 2.75) is 40.6 Å². The summed E-state index contributed by atoms with van der Waals surface area (Å²) in [5, 5.41) is 0.794. The topological polar surface area (TPSA) is 0 Å². The van der Waals surface area contributed by atoms with Crippen molar-refractivity contribution < 1.29 is 17.4 Å².